The van der Waals surface area contributed by atoms with E-state index in [0.717, 1.165) is 12.3 Å². The van der Waals surface area contributed by atoms with Gasteiger partial charge in [-0.3, -0.25) is 9.59 Å². The third-order valence-corrected chi connectivity index (χ3v) is 2.44. The standard InChI is InChI=1S/C13H17F2N3O2/c1-8(2)7-18-10(19)4-6-17-13(20)9-3-5-16-12(15)11(9)14/h3,5,8H,4,6-7H2,1-2H3,(H,17,20)(H,18,19). The lowest BCUT2D eigenvalue weighted by atomic mass is 10.2. The number of rotatable bonds is 6. The first kappa shape index (κ1) is 16.0. The Morgan fingerprint density at radius 2 is 2.00 bits per heavy atom. The van der Waals surface area contributed by atoms with Gasteiger partial charge in [0.25, 0.3) is 5.91 Å². The van der Waals surface area contributed by atoms with Gasteiger partial charge in [-0.2, -0.15) is 4.39 Å². The Hall–Kier alpha value is -2.05. The van der Waals surface area contributed by atoms with Crippen LogP contribution in [0.3, 0.4) is 0 Å². The zero-order chi connectivity index (χ0) is 15.1. The number of hydrogen-bond donors (Lipinski definition) is 2. The molecule has 110 valence electrons. The lowest BCUT2D eigenvalue weighted by molar-refractivity contribution is -0.121. The summed E-state index contributed by atoms with van der Waals surface area (Å²) in [5.74, 6) is -3.27. The fourth-order valence-electron chi connectivity index (χ4n) is 1.38. The monoisotopic (exact) mass is 285 g/mol. The number of aromatic nitrogens is 1. The Balaban J connectivity index is 2.40. The summed E-state index contributed by atoms with van der Waals surface area (Å²) >= 11 is 0. The third-order valence-electron chi connectivity index (χ3n) is 2.44. The number of carbonyl (C=O) groups excluding carboxylic acids is 2. The molecular formula is C13H17F2N3O2. The topological polar surface area (TPSA) is 71.1 Å². The molecule has 0 bridgehead atoms. The van der Waals surface area contributed by atoms with E-state index in [2.05, 4.69) is 15.6 Å². The highest BCUT2D eigenvalue weighted by Gasteiger charge is 2.15. The van der Waals surface area contributed by atoms with Crippen LogP contribution in [0.15, 0.2) is 12.3 Å². The van der Waals surface area contributed by atoms with E-state index in [1.165, 1.54) is 0 Å². The summed E-state index contributed by atoms with van der Waals surface area (Å²) in [5, 5.41) is 5.03. The molecule has 1 heterocycles. The Kier molecular flexibility index (Phi) is 6.02. The van der Waals surface area contributed by atoms with Gasteiger partial charge < -0.3 is 10.6 Å². The number of hydrogen-bond acceptors (Lipinski definition) is 3. The Morgan fingerprint density at radius 3 is 2.65 bits per heavy atom. The smallest absolute Gasteiger partial charge is 0.254 e. The fraction of sp³-hybridized carbons (Fsp3) is 0.462. The number of amides is 2. The van der Waals surface area contributed by atoms with Crippen LogP contribution >= 0.6 is 0 Å². The van der Waals surface area contributed by atoms with E-state index >= 15 is 0 Å². The molecule has 0 atom stereocenters. The zero-order valence-corrected chi connectivity index (χ0v) is 11.4. The van der Waals surface area contributed by atoms with E-state index in [9.17, 15) is 18.4 Å². The van der Waals surface area contributed by atoms with Gasteiger partial charge in [0.1, 0.15) is 0 Å². The van der Waals surface area contributed by atoms with Gasteiger partial charge in [0, 0.05) is 25.7 Å². The lowest BCUT2D eigenvalue weighted by Gasteiger charge is -2.08. The predicted octanol–water partition coefficient (Wildman–Crippen LogP) is 1.25. The van der Waals surface area contributed by atoms with Gasteiger partial charge in [-0.15, -0.1) is 0 Å². The molecule has 0 spiro atoms. The molecule has 0 unspecified atom stereocenters. The van der Waals surface area contributed by atoms with Crippen LogP contribution in [0.1, 0.15) is 30.6 Å². The van der Waals surface area contributed by atoms with E-state index in [4.69, 9.17) is 0 Å². The van der Waals surface area contributed by atoms with Crippen molar-refractivity contribution in [3.05, 3.63) is 29.6 Å². The van der Waals surface area contributed by atoms with Gasteiger partial charge >= 0.3 is 0 Å². The van der Waals surface area contributed by atoms with Crippen LogP contribution in [0.4, 0.5) is 8.78 Å². The van der Waals surface area contributed by atoms with Crippen LogP contribution < -0.4 is 10.6 Å². The summed E-state index contributed by atoms with van der Waals surface area (Å²) in [5.41, 5.74) is -0.430. The Bertz CT molecular complexity index is 493. The van der Waals surface area contributed by atoms with E-state index in [1.807, 2.05) is 13.8 Å². The van der Waals surface area contributed by atoms with Crippen molar-refractivity contribution in [3.63, 3.8) is 0 Å². The molecule has 5 nitrogen and oxygen atoms in total. The average molecular weight is 285 g/mol. The third kappa shape index (κ3) is 4.91. The van der Waals surface area contributed by atoms with E-state index < -0.39 is 23.2 Å². The fourth-order valence-corrected chi connectivity index (χ4v) is 1.38. The van der Waals surface area contributed by atoms with Gasteiger partial charge in [0.2, 0.25) is 11.9 Å². The second-order valence-electron chi connectivity index (χ2n) is 4.67. The molecular weight excluding hydrogens is 268 g/mol. The highest BCUT2D eigenvalue weighted by atomic mass is 19.2. The molecule has 0 saturated carbocycles. The molecule has 1 aromatic heterocycles. The van der Waals surface area contributed by atoms with Crippen LogP contribution in [-0.2, 0) is 4.79 Å². The van der Waals surface area contributed by atoms with Crippen molar-refractivity contribution in [1.82, 2.24) is 15.6 Å². The number of pyridine rings is 1. The van der Waals surface area contributed by atoms with Crippen LogP contribution in [0, 0.1) is 17.7 Å². The highest BCUT2D eigenvalue weighted by molar-refractivity contribution is 5.94. The molecule has 0 saturated heterocycles. The molecule has 0 aliphatic rings. The number of nitrogens with one attached hydrogen (secondary N) is 2. The SMILES string of the molecule is CC(C)CNC(=O)CCNC(=O)c1ccnc(F)c1F. The quantitative estimate of drug-likeness (QED) is 0.773. The molecule has 2 N–H and O–H groups in total. The Morgan fingerprint density at radius 1 is 1.30 bits per heavy atom. The molecule has 0 aromatic carbocycles. The first-order valence-electron chi connectivity index (χ1n) is 6.26. The van der Waals surface area contributed by atoms with Gasteiger partial charge in [-0.1, -0.05) is 13.8 Å². The summed E-state index contributed by atoms with van der Waals surface area (Å²) in [6.45, 7) is 4.52. The predicted molar refractivity (Wildman–Crippen MR) is 69.0 cm³/mol. The van der Waals surface area contributed by atoms with E-state index in [1.54, 1.807) is 0 Å². The van der Waals surface area contributed by atoms with E-state index in [-0.39, 0.29) is 18.9 Å². The van der Waals surface area contributed by atoms with Gasteiger partial charge in [0.15, 0.2) is 5.82 Å². The van der Waals surface area contributed by atoms with Gasteiger partial charge in [-0.05, 0) is 12.0 Å². The summed E-state index contributed by atoms with van der Waals surface area (Å²) in [7, 11) is 0. The van der Waals surface area contributed by atoms with E-state index in [0.29, 0.717) is 12.5 Å². The van der Waals surface area contributed by atoms with Gasteiger partial charge in [-0.25, -0.2) is 9.37 Å². The largest absolute Gasteiger partial charge is 0.356 e. The maximum Gasteiger partial charge on any atom is 0.254 e. The summed E-state index contributed by atoms with van der Waals surface area (Å²) < 4.78 is 26.1. The molecule has 2 amide bonds. The minimum absolute atomic E-state index is 0.0478. The van der Waals surface area contributed by atoms with Crippen LogP contribution in [0.2, 0.25) is 0 Å². The highest BCUT2D eigenvalue weighted by Crippen LogP contribution is 2.08. The normalized spacial score (nSPS) is 10.4. The lowest BCUT2D eigenvalue weighted by Crippen LogP contribution is -2.32. The molecule has 1 aromatic rings. The molecule has 0 aliphatic heterocycles. The van der Waals surface area contributed by atoms with Crippen molar-refractivity contribution >= 4 is 11.8 Å². The van der Waals surface area contributed by atoms with Crippen molar-refractivity contribution < 1.29 is 18.4 Å². The first-order chi connectivity index (χ1) is 9.41. The minimum atomic E-state index is -1.33. The summed E-state index contributed by atoms with van der Waals surface area (Å²) in [6, 6.07) is 1.08. The number of halogens is 2. The zero-order valence-electron chi connectivity index (χ0n) is 11.4. The van der Waals surface area contributed by atoms with Crippen molar-refractivity contribution in [2.24, 2.45) is 5.92 Å². The van der Waals surface area contributed by atoms with Crippen molar-refractivity contribution in [2.75, 3.05) is 13.1 Å². The molecule has 0 radical (unpaired) electrons. The minimum Gasteiger partial charge on any atom is -0.356 e. The van der Waals surface area contributed by atoms with Crippen molar-refractivity contribution in [1.29, 1.82) is 0 Å². The van der Waals surface area contributed by atoms with Crippen LogP contribution in [0.5, 0.6) is 0 Å². The first-order valence-corrected chi connectivity index (χ1v) is 6.26. The molecule has 0 aliphatic carbocycles. The summed E-state index contributed by atoms with van der Waals surface area (Å²) in [4.78, 5) is 26.1. The average Bonchev–Trinajstić information content (AvgIpc) is 2.39. The van der Waals surface area contributed by atoms with Gasteiger partial charge in [0.05, 0.1) is 5.56 Å². The molecule has 0 fully saturated rings. The number of carbonyl (C=O) groups is 2. The van der Waals surface area contributed by atoms with Crippen molar-refractivity contribution in [2.45, 2.75) is 20.3 Å². The van der Waals surface area contributed by atoms with Crippen LogP contribution in [-0.4, -0.2) is 29.9 Å². The molecule has 20 heavy (non-hydrogen) atoms. The Labute approximate surface area is 115 Å². The second-order valence-corrected chi connectivity index (χ2v) is 4.67. The van der Waals surface area contributed by atoms with Crippen LogP contribution in [0.25, 0.3) is 0 Å². The summed E-state index contributed by atoms with van der Waals surface area (Å²) in [6.07, 6.45) is 1.08. The van der Waals surface area contributed by atoms with Crippen molar-refractivity contribution in [3.8, 4) is 0 Å². The maximum absolute atomic E-state index is 13.3. The molecule has 1 rings (SSSR count). The maximum atomic E-state index is 13.3. The number of nitrogens with zero attached hydrogens (tertiary/aromatic N) is 1. The molecule has 7 heteroatoms. The second kappa shape index (κ2) is 7.52.